The van der Waals surface area contributed by atoms with Crippen molar-refractivity contribution in [1.29, 1.82) is 0 Å². The van der Waals surface area contributed by atoms with Crippen molar-refractivity contribution in [3.05, 3.63) is 71.4 Å². The van der Waals surface area contributed by atoms with Gasteiger partial charge in [-0.25, -0.2) is 0 Å². The van der Waals surface area contributed by atoms with Crippen molar-refractivity contribution in [2.24, 2.45) is 4.99 Å². The van der Waals surface area contributed by atoms with Gasteiger partial charge in [0.15, 0.2) is 0 Å². The maximum absolute atomic E-state index is 9.56. The van der Waals surface area contributed by atoms with E-state index >= 15 is 0 Å². The highest BCUT2D eigenvalue weighted by molar-refractivity contribution is 5.79. The first-order valence-corrected chi connectivity index (χ1v) is 5.92. The van der Waals surface area contributed by atoms with E-state index in [1.807, 2.05) is 36.6 Å². The summed E-state index contributed by atoms with van der Waals surface area (Å²) in [4.78, 5) is 4.29. The first-order valence-electron chi connectivity index (χ1n) is 5.92. The standard InChI is InChI=1S/C16H13NO/c18-14-6-7-15-13(10-14)8-9-17-11-16(15)12-4-2-1-3-5-12/h1-11,16,18H. The van der Waals surface area contributed by atoms with Gasteiger partial charge in [0.25, 0.3) is 0 Å². The Morgan fingerprint density at radius 1 is 1.00 bits per heavy atom. The maximum Gasteiger partial charge on any atom is 0.116 e. The van der Waals surface area contributed by atoms with Gasteiger partial charge in [-0.3, -0.25) is 4.99 Å². The van der Waals surface area contributed by atoms with E-state index in [9.17, 15) is 5.11 Å². The third-order valence-electron chi connectivity index (χ3n) is 3.14. The van der Waals surface area contributed by atoms with E-state index in [2.05, 4.69) is 17.1 Å². The van der Waals surface area contributed by atoms with Crippen molar-refractivity contribution in [3.8, 4) is 5.75 Å². The average molecular weight is 235 g/mol. The Morgan fingerprint density at radius 2 is 1.83 bits per heavy atom. The van der Waals surface area contributed by atoms with Crippen LogP contribution in [0, 0.1) is 0 Å². The zero-order chi connectivity index (χ0) is 12.4. The Labute approximate surface area is 106 Å². The largest absolute Gasteiger partial charge is 0.508 e. The minimum Gasteiger partial charge on any atom is -0.508 e. The molecule has 1 aliphatic heterocycles. The predicted octanol–water partition coefficient (Wildman–Crippen LogP) is 3.58. The second-order valence-electron chi connectivity index (χ2n) is 4.32. The van der Waals surface area contributed by atoms with Gasteiger partial charge in [-0.2, -0.15) is 0 Å². The monoisotopic (exact) mass is 235 g/mol. The van der Waals surface area contributed by atoms with Gasteiger partial charge in [-0.1, -0.05) is 36.4 Å². The lowest BCUT2D eigenvalue weighted by atomic mass is 9.89. The zero-order valence-corrected chi connectivity index (χ0v) is 9.82. The molecule has 88 valence electrons. The van der Waals surface area contributed by atoms with Crippen molar-refractivity contribution in [2.75, 3.05) is 0 Å². The van der Waals surface area contributed by atoms with Gasteiger partial charge in [-0.05, 0) is 34.9 Å². The highest BCUT2D eigenvalue weighted by Gasteiger charge is 2.16. The van der Waals surface area contributed by atoms with Crippen LogP contribution in [0.1, 0.15) is 22.6 Å². The van der Waals surface area contributed by atoms with Gasteiger partial charge < -0.3 is 5.11 Å². The number of hydrogen-bond donors (Lipinski definition) is 1. The highest BCUT2D eigenvalue weighted by Crippen LogP contribution is 2.30. The van der Waals surface area contributed by atoms with Crippen molar-refractivity contribution in [2.45, 2.75) is 5.92 Å². The molecule has 0 bridgehead atoms. The lowest BCUT2D eigenvalue weighted by molar-refractivity contribution is 0.475. The SMILES string of the molecule is Oc1ccc2c(c1)C=CN=CC2c1ccccc1. The molecule has 0 saturated heterocycles. The summed E-state index contributed by atoms with van der Waals surface area (Å²) in [5.41, 5.74) is 3.38. The summed E-state index contributed by atoms with van der Waals surface area (Å²) in [5.74, 6) is 0.420. The normalized spacial score (nSPS) is 17.2. The molecule has 2 heteroatoms. The van der Waals surface area contributed by atoms with E-state index in [0.717, 1.165) is 11.1 Å². The van der Waals surface area contributed by atoms with Gasteiger partial charge in [0, 0.05) is 18.3 Å². The van der Waals surface area contributed by atoms with Gasteiger partial charge in [0.05, 0.1) is 0 Å². The smallest absolute Gasteiger partial charge is 0.116 e. The summed E-state index contributed by atoms with van der Waals surface area (Å²) in [7, 11) is 0. The number of aliphatic imine (C=N–C) groups is 1. The van der Waals surface area contributed by atoms with Crippen molar-refractivity contribution < 1.29 is 5.11 Å². The molecule has 0 radical (unpaired) electrons. The fourth-order valence-electron chi connectivity index (χ4n) is 2.26. The van der Waals surface area contributed by atoms with E-state index in [0.29, 0.717) is 0 Å². The summed E-state index contributed by atoms with van der Waals surface area (Å²) in [5, 5.41) is 9.56. The number of rotatable bonds is 1. The van der Waals surface area contributed by atoms with Crippen LogP contribution in [0.4, 0.5) is 0 Å². The molecule has 0 aromatic heterocycles. The highest BCUT2D eigenvalue weighted by atomic mass is 16.3. The lowest BCUT2D eigenvalue weighted by Crippen LogP contribution is -2.03. The van der Waals surface area contributed by atoms with E-state index in [-0.39, 0.29) is 11.7 Å². The number of hydrogen-bond acceptors (Lipinski definition) is 2. The number of phenols is 1. The molecular formula is C16H13NO. The summed E-state index contributed by atoms with van der Waals surface area (Å²) < 4.78 is 0. The molecule has 2 aromatic rings. The third kappa shape index (κ3) is 1.93. The van der Waals surface area contributed by atoms with Gasteiger partial charge in [0.2, 0.25) is 0 Å². The predicted molar refractivity (Wildman–Crippen MR) is 73.9 cm³/mol. The molecule has 2 aromatic carbocycles. The Balaban J connectivity index is 2.14. The Bertz CT molecular complexity index is 614. The van der Waals surface area contributed by atoms with Gasteiger partial charge >= 0.3 is 0 Å². The van der Waals surface area contributed by atoms with E-state index in [1.54, 1.807) is 18.3 Å². The fraction of sp³-hybridized carbons (Fsp3) is 0.0625. The van der Waals surface area contributed by atoms with Crippen LogP contribution < -0.4 is 0 Å². The molecule has 0 aliphatic carbocycles. The molecule has 0 spiro atoms. The number of phenolic OH excluding ortho intramolecular Hbond substituents is 1. The molecule has 18 heavy (non-hydrogen) atoms. The second-order valence-corrected chi connectivity index (χ2v) is 4.32. The first kappa shape index (κ1) is 10.8. The van der Waals surface area contributed by atoms with Crippen LogP contribution in [0.25, 0.3) is 6.08 Å². The van der Waals surface area contributed by atoms with Crippen molar-refractivity contribution in [1.82, 2.24) is 0 Å². The number of fused-ring (bicyclic) bond motifs is 1. The van der Waals surface area contributed by atoms with Gasteiger partial charge in [0.1, 0.15) is 5.75 Å². The van der Waals surface area contributed by atoms with Crippen molar-refractivity contribution >= 4 is 12.3 Å². The van der Waals surface area contributed by atoms with E-state index in [4.69, 9.17) is 0 Å². The summed E-state index contributed by atoms with van der Waals surface area (Å²) >= 11 is 0. The molecule has 1 unspecified atom stereocenters. The van der Waals surface area contributed by atoms with Crippen LogP contribution in [0.15, 0.2) is 59.7 Å². The fourth-order valence-corrected chi connectivity index (χ4v) is 2.26. The number of aromatic hydroxyl groups is 1. The first-order chi connectivity index (χ1) is 8.84. The zero-order valence-electron chi connectivity index (χ0n) is 9.82. The van der Waals surface area contributed by atoms with E-state index in [1.165, 1.54) is 5.56 Å². The Kier molecular flexibility index (Phi) is 2.69. The van der Waals surface area contributed by atoms with E-state index < -0.39 is 0 Å². The van der Waals surface area contributed by atoms with Crippen LogP contribution in [-0.4, -0.2) is 11.3 Å². The average Bonchev–Trinajstić information content (AvgIpc) is 2.61. The molecule has 1 aliphatic rings. The maximum atomic E-state index is 9.56. The Hall–Kier alpha value is -2.35. The molecule has 1 atom stereocenters. The van der Waals surface area contributed by atoms with Crippen LogP contribution in [0.2, 0.25) is 0 Å². The minimum atomic E-state index is 0.136. The topological polar surface area (TPSA) is 32.6 Å². The molecule has 0 amide bonds. The van der Waals surface area contributed by atoms with Crippen molar-refractivity contribution in [3.63, 3.8) is 0 Å². The molecule has 3 rings (SSSR count). The van der Waals surface area contributed by atoms with Crippen LogP contribution in [0.5, 0.6) is 5.75 Å². The molecule has 0 fully saturated rings. The molecule has 0 saturated carbocycles. The Morgan fingerprint density at radius 3 is 2.67 bits per heavy atom. The summed E-state index contributed by atoms with van der Waals surface area (Å²) in [6, 6.07) is 15.7. The summed E-state index contributed by atoms with van der Waals surface area (Å²) in [6.45, 7) is 0. The third-order valence-corrected chi connectivity index (χ3v) is 3.14. The van der Waals surface area contributed by atoms with Crippen LogP contribution >= 0.6 is 0 Å². The quantitative estimate of drug-likeness (QED) is 0.805. The number of benzene rings is 2. The number of nitrogens with zero attached hydrogens (tertiary/aromatic N) is 1. The lowest BCUT2D eigenvalue weighted by Gasteiger charge is -2.15. The summed E-state index contributed by atoms with van der Waals surface area (Å²) in [6.07, 6.45) is 5.63. The second kappa shape index (κ2) is 4.49. The molecule has 2 nitrogen and oxygen atoms in total. The molecular weight excluding hydrogens is 222 g/mol. The van der Waals surface area contributed by atoms with Gasteiger partial charge in [-0.15, -0.1) is 0 Å². The molecule has 1 heterocycles. The minimum absolute atomic E-state index is 0.136. The molecule has 1 N–H and O–H groups in total. The van der Waals surface area contributed by atoms with Crippen LogP contribution in [0.3, 0.4) is 0 Å². The van der Waals surface area contributed by atoms with Crippen LogP contribution in [-0.2, 0) is 0 Å².